The van der Waals surface area contributed by atoms with Gasteiger partial charge in [0.2, 0.25) is 10.0 Å². The normalized spacial score (nSPS) is 11.5. The first-order valence-corrected chi connectivity index (χ1v) is 9.02. The number of hydrogen-bond acceptors (Lipinski definition) is 4. The van der Waals surface area contributed by atoms with Crippen molar-refractivity contribution < 1.29 is 18.3 Å². The van der Waals surface area contributed by atoms with Gasteiger partial charge in [0, 0.05) is 15.9 Å². The molecule has 0 amide bonds. The van der Waals surface area contributed by atoms with E-state index in [9.17, 15) is 13.2 Å². The van der Waals surface area contributed by atoms with Crippen LogP contribution in [-0.4, -0.2) is 19.5 Å². The van der Waals surface area contributed by atoms with Gasteiger partial charge in [0.05, 0.1) is 10.5 Å². The summed E-state index contributed by atoms with van der Waals surface area (Å²) in [5.74, 6) is -1.19. The molecule has 0 fully saturated rings. The second kappa shape index (κ2) is 6.27. The second-order valence-electron chi connectivity index (χ2n) is 4.30. The Morgan fingerprint density at radius 3 is 2.67 bits per heavy atom. The van der Waals surface area contributed by atoms with E-state index in [1.165, 1.54) is 23.5 Å². The van der Waals surface area contributed by atoms with Crippen molar-refractivity contribution in [1.29, 1.82) is 0 Å². The van der Waals surface area contributed by atoms with E-state index in [1.807, 2.05) is 18.4 Å². The number of halogens is 1. The van der Waals surface area contributed by atoms with Crippen LogP contribution < -0.4 is 4.72 Å². The van der Waals surface area contributed by atoms with Crippen molar-refractivity contribution in [2.75, 3.05) is 0 Å². The summed E-state index contributed by atoms with van der Waals surface area (Å²) < 4.78 is 27.2. The average molecular weight is 390 g/mol. The molecular formula is C13H12BrNO4S2. The Labute approximate surface area is 134 Å². The van der Waals surface area contributed by atoms with Gasteiger partial charge in [-0.05, 0) is 58.1 Å². The van der Waals surface area contributed by atoms with Crippen LogP contribution in [0.4, 0.5) is 0 Å². The average Bonchev–Trinajstić information content (AvgIpc) is 2.82. The van der Waals surface area contributed by atoms with Gasteiger partial charge in [0.15, 0.2) is 0 Å². The van der Waals surface area contributed by atoms with E-state index in [1.54, 1.807) is 0 Å². The number of carboxylic acid groups (broad SMARTS) is 1. The molecule has 0 atom stereocenters. The van der Waals surface area contributed by atoms with Gasteiger partial charge in [-0.25, -0.2) is 17.9 Å². The Balaban J connectivity index is 2.26. The topological polar surface area (TPSA) is 83.5 Å². The summed E-state index contributed by atoms with van der Waals surface area (Å²) in [6, 6.07) is 5.82. The third kappa shape index (κ3) is 3.70. The molecule has 0 unspecified atom stereocenters. The molecule has 0 bridgehead atoms. The lowest BCUT2D eigenvalue weighted by molar-refractivity contribution is 0.0695. The number of thiophene rings is 1. The Morgan fingerprint density at radius 1 is 1.38 bits per heavy atom. The summed E-state index contributed by atoms with van der Waals surface area (Å²) in [7, 11) is -3.75. The Morgan fingerprint density at radius 2 is 2.10 bits per heavy atom. The Hall–Kier alpha value is -1.22. The van der Waals surface area contributed by atoms with Crippen molar-refractivity contribution in [2.45, 2.75) is 18.4 Å². The summed E-state index contributed by atoms with van der Waals surface area (Å²) in [6.07, 6.45) is 0. The van der Waals surface area contributed by atoms with E-state index in [4.69, 9.17) is 5.11 Å². The van der Waals surface area contributed by atoms with Crippen LogP contribution in [0.1, 0.15) is 20.8 Å². The van der Waals surface area contributed by atoms with E-state index in [2.05, 4.69) is 20.7 Å². The highest BCUT2D eigenvalue weighted by atomic mass is 79.9. The van der Waals surface area contributed by atoms with Crippen molar-refractivity contribution in [2.24, 2.45) is 0 Å². The maximum Gasteiger partial charge on any atom is 0.336 e. The predicted octanol–water partition coefficient (Wildman–Crippen LogP) is 3.00. The van der Waals surface area contributed by atoms with Gasteiger partial charge in [-0.1, -0.05) is 0 Å². The number of aryl methyl sites for hydroxylation is 1. The molecule has 0 spiro atoms. The molecule has 2 N–H and O–H groups in total. The van der Waals surface area contributed by atoms with Gasteiger partial charge < -0.3 is 5.11 Å². The van der Waals surface area contributed by atoms with E-state index in [0.29, 0.717) is 4.47 Å². The van der Waals surface area contributed by atoms with Gasteiger partial charge in [0.25, 0.3) is 0 Å². The van der Waals surface area contributed by atoms with E-state index >= 15 is 0 Å². The van der Waals surface area contributed by atoms with Gasteiger partial charge >= 0.3 is 5.97 Å². The molecule has 1 aromatic carbocycles. The number of hydrogen-bond donors (Lipinski definition) is 2. The lowest BCUT2D eigenvalue weighted by atomic mass is 10.2. The second-order valence-corrected chi connectivity index (χ2v) is 7.92. The molecule has 0 saturated carbocycles. The van der Waals surface area contributed by atoms with Crippen molar-refractivity contribution in [3.63, 3.8) is 0 Å². The molecule has 2 rings (SSSR count). The van der Waals surface area contributed by atoms with Gasteiger partial charge in [-0.15, -0.1) is 11.3 Å². The van der Waals surface area contributed by atoms with Crippen LogP contribution in [0.3, 0.4) is 0 Å². The maximum absolute atomic E-state index is 12.2. The Kier molecular flexibility index (Phi) is 4.82. The van der Waals surface area contributed by atoms with E-state index < -0.39 is 16.0 Å². The minimum Gasteiger partial charge on any atom is -0.478 e. The smallest absolute Gasteiger partial charge is 0.336 e. The number of carboxylic acids is 1. The van der Waals surface area contributed by atoms with Gasteiger partial charge in [-0.3, -0.25) is 0 Å². The summed E-state index contributed by atoms with van der Waals surface area (Å²) in [4.78, 5) is 11.9. The number of benzene rings is 1. The summed E-state index contributed by atoms with van der Waals surface area (Å²) in [5.41, 5.74) is 0.926. The fourth-order valence-corrected chi connectivity index (χ4v) is 4.04. The third-order valence-electron chi connectivity index (χ3n) is 2.87. The van der Waals surface area contributed by atoms with Crippen LogP contribution in [0, 0.1) is 6.92 Å². The maximum atomic E-state index is 12.2. The summed E-state index contributed by atoms with van der Waals surface area (Å²) >= 11 is 4.55. The fourth-order valence-electron chi connectivity index (χ4n) is 1.66. The fraction of sp³-hybridized carbons (Fsp3) is 0.154. The van der Waals surface area contributed by atoms with Crippen LogP contribution in [0.25, 0.3) is 0 Å². The molecular weight excluding hydrogens is 378 g/mol. The molecule has 1 aromatic heterocycles. The minimum absolute atomic E-state index is 0.0719. The zero-order valence-corrected chi connectivity index (χ0v) is 14.2. The van der Waals surface area contributed by atoms with Crippen LogP contribution in [0.2, 0.25) is 0 Å². The molecule has 112 valence electrons. The molecule has 2 aromatic rings. The zero-order valence-electron chi connectivity index (χ0n) is 11.0. The minimum atomic E-state index is -3.75. The van der Waals surface area contributed by atoms with E-state index in [-0.39, 0.29) is 17.0 Å². The molecule has 0 aliphatic rings. The predicted molar refractivity (Wildman–Crippen MR) is 84.2 cm³/mol. The number of nitrogens with one attached hydrogen (secondary N) is 1. The highest BCUT2D eigenvalue weighted by Gasteiger charge is 2.18. The van der Waals surface area contributed by atoms with E-state index in [0.717, 1.165) is 16.5 Å². The van der Waals surface area contributed by atoms with Crippen molar-refractivity contribution in [3.8, 4) is 0 Å². The number of carbonyl (C=O) groups is 1. The molecule has 1 heterocycles. The molecule has 0 saturated heterocycles. The first-order valence-electron chi connectivity index (χ1n) is 5.87. The molecule has 0 aliphatic heterocycles. The number of rotatable bonds is 5. The highest BCUT2D eigenvalue weighted by Crippen LogP contribution is 2.22. The Bertz CT molecular complexity index is 783. The molecule has 5 nitrogen and oxygen atoms in total. The first kappa shape index (κ1) is 16.2. The van der Waals surface area contributed by atoms with Crippen molar-refractivity contribution in [1.82, 2.24) is 4.72 Å². The molecule has 0 aliphatic carbocycles. The number of sulfonamides is 1. The van der Waals surface area contributed by atoms with Crippen molar-refractivity contribution >= 4 is 43.3 Å². The molecule has 0 radical (unpaired) electrons. The van der Waals surface area contributed by atoms with Gasteiger partial charge in [-0.2, -0.15) is 0 Å². The molecule has 21 heavy (non-hydrogen) atoms. The summed E-state index contributed by atoms with van der Waals surface area (Å²) in [5, 5.41) is 10.9. The largest absolute Gasteiger partial charge is 0.478 e. The lowest BCUT2D eigenvalue weighted by Gasteiger charge is -2.08. The monoisotopic (exact) mass is 389 g/mol. The SMILES string of the molecule is Cc1ccsc1CNS(=O)(=O)c1ccc(Br)c(C(=O)O)c1. The first-order chi connectivity index (χ1) is 9.81. The van der Waals surface area contributed by atoms with Crippen LogP contribution >= 0.6 is 27.3 Å². The van der Waals surface area contributed by atoms with Crippen molar-refractivity contribution in [3.05, 3.63) is 50.1 Å². The van der Waals surface area contributed by atoms with Gasteiger partial charge in [0.1, 0.15) is 0 Å². The molecule has 8 heteroatoms. The van der Waals surface area contributed by atoms with Crippen LogP contribution in [0.15, 0.2) is 39.0 Å². The lowest BCUT2D eigenvalue weighted by Crippen LogP contribution is -2.23. The number of aromatic carboxylic acids is 1. The highest BCUT2D eigenvalue weighted by molar-refractivity contribution is 9.10. The summed E-state index contributed by atoms with van der Waals surface area (Å²) in [6.45, 7) is 2.09. The zero-order chi connectivity index (χ0) is 15.6. The third-order valence-corrected chi connectivity index (χ3v) is 5.98. The quantitative estimate of drug-likeness (QED) is 0.822. The van der Waals surface area contributed by atoms with Crippen LogP contribution in [0.5, 0.6) is 0 Å². The standard InChI is InChI=1S/C13H12BrNO4S2/c1-8-4-5-20-12(8)7-15-21(18,19)9-2-3-11(14)10(6-9)13(16)17/h2-6,15H,7H2,1H3,(H,16,17). The van der Waals surface area contributed by atoms with Crippen LogP contribution in [-0.2, 0) is 16.6 Å².